The lowest BCUT2D eigenvalue weighted by atomic mass is 10.3. The highest BCUT2D eigenvalue weighted by Crippen LogP contribution is 2.10. The molecule has 5 heteroatoms. The number of ether oxygens (including phenoxy) is 1. The molecular weight excluding hydrogens is 252 g/mol. The monoisotopic (exact) mass is 278 g/mol. The second kappa shape index (κ2) is 10.1. The minimum absolute atomic E-state index is 0.678. The maximum atomic E-state index is 4.99. The van der Waals surface area contributed by atoms with E-state index in [1.165, 1.54) is 5.69 Å². The molecule has 0 fully saturated rings. The lowest BCUT2D eigenvalue weighted by Gasteiger charge is -2.19. The van der Waals surface area contributed by atoms with Crippen LogP contribution in [0.4, 0.5) is 5.69 Å². The molecule has 1 aromatic carbocycles. The Bertz CT molecular complexity index is 381. The summed E-state index contributed by atoms with van der Waals surface area (Å²) in [5, 5.41) is 6.48. The molecule has 0 saturated heterocycles. The average Bonchev–Trinajstić information content (AvgIpc) is 2.50. The van der Waals surface area contributed by atoms with Crippen LogP contribution in [-0.2, 0) is 4.74 Å². The smallest absolute Gasteiger partial charge is 0.191 e. The zero-order valence-electron chi connectivity index (χ0n) is 12.7. The second-order valence-corrected chi connectivity index (χ2v) is 4.53. The molecule has 20 heavy (non-hydrogen) atoms. The van der Waals surface area contributed by atoms with Gasteiger partial charge >= 0.3 is 0 Å². The quantitative estimate of drug-likeness (QED) is 0.428. The van der Waals surface area contributed by atoms with Crippen LogP contribution in [0.1, 0.15) is 6.42 Å². The van der Waals surface area contributed by atoms with Crippen LogP contribution in [-0.4, -0.2) is 53.4 Å². The molecule has 0 aliphatic carbocycles. The van der Waals surface area contributed by atoms with E-state index >= 15 is 0 Å². The van der Waals surface area contributed by atoms with Gasteiger partial charge in [0.1, 0.15) is 0 Å². The standard InChI is InChI=1S/C15H26N4O/c1-16-15(18-11-13-20-3)17-10-7-12-19(2)14-8-5-4-6-9-14/h4-6,8-9H,7,10-13H2,1-3H3,(H2,16,17,18). The number of methoxy groups -OCH3 is 1. The number of benzene rings is 1. The number of hydrogen-bond acceptors (Lipinski definition) is 3. The number of rotatable bonds is 8. The van der Waals surface area contributed by atoms with Crippen LogP contribution in [0.25, 0.3) is 0 Å². The van der Waals surface area contributed by atoms with Gasteiger partial charge in [0.2, 0.25) is 0 Å². The van der Waals surface area contributed by atoms with E-state index in [2.05, 4.69) is 51.8 Å². The summed E-state index contributed by atoms with van der Waals surface area (Å²) in [5.74, 6) is 0.824. The van der Waals surface area contributed by atoms with Gasteiger partial charge in [-0.15, -0.1) is 0 Å². The molecule has 0 bridgehead atoms. The normalized spacial score (nSPS) is 11.2. The summed E-state index contributed by atoms with van der Waals surface area (Å²) in [7, 11) is 5.58. The fraction of sp³-hybridized carbons (Fsp3) is 0.533. The topological polar surface area (TPSA) is 48.9 Å². The fourth-order valence-electron chi connectivity index (χ4n) is 1.83. The summed E-state index contributed by atoms with van der Waals surface area (Å²) in [6, 6.07) is 10.4. The van der Waals surface area contributed by atoms with Crippen molar-refractivity contribution in [1.82, 2.24) is 10.6 Å². The van der Waals surface area contributed by atoms with Gasteiger partial charge in [-0.1, -0.05) is 18.2 Å². The molecule has 0 radical (unpaired) electrons. The van der Waals surface area contributed by atoms with Crippen molar-refractivity contribution in [3.05, 3.63) is 30.3 Å². The van der Waals surface area contributed by atoms with E-state index in [0.717, 1.165) is 32.0 Å². The Kier molecular flexibility index (Phi) is 8.22. The van der Waals surface area contributed by atoms with E-state index in [4.69, 9.17) is 4.74 Å². The van der Waals surface area contributed by atoms with Crippen LogP contribution in [0.3, 0.4) is 0 Å². The van der Waals surface area contributed by atoms with Crippen molar-refractivity contribution in [1.29, 1.82) is 0 Å². The van der Waals surface area contributed by atoms with Crippen LogP contribution >= 0.6 is 0 Å². The van der Waals surface area contributed by atoms with Crippen molar-refractivity contribution in [2.45, 2.75) is 6.42 Å². The number of hydrogen-bond donors (Lipinski definition) is 2. The van der Waals surface area contributed by atoms with Crippen molar-refractivity contribution in [2.75, 3.05) is 52.3 Å². The van der Waals surface area contributed by atoms with Gasteiger partial charge in [-0.25, -0.2) is 0 Å². The van der Waals surface area contributed by atoms with E-state index in [9.17, 15) is 0 Å². The van der Waals surface area contributed by atoms with Crippen LogP contribution < -0.4 is 15.5 Å². The molecule has 0 aliphatic heterocycles. The van der Waals surface area contributed by atoms with Crippen molar-refractivity contribution in [3.63, 3.8) is 0 Å². The maximum absolute atomic E-state index is 4.99. The average molecular weight is 278 g/mol. The highest BCUT2D eigenvalue weighted by molar-refractivity contribution is 5.79. The molecule has 0 spiro atoms. The third kappa shape index (κ3) is 6.43. The first-order valence-corrected chi connectivity index (χ1v) is 6.97. The van der Waals surface area contributed by atoms with Gasteiger partial charge in [0.15, 0.2) is 5.96 Å². The number of aliphatic imine (C=N–C) groups is 1. The molecule has 112 valence electrons. The predicted octanol–water partition coefficient (Wildman–Crippen LogP) is 1.32. The third-order valence-electron chi connectivity index (χ3n) is 2.98. The number of anilines is 1. The van der Waals surface area contributed by atoms with Gasteiger partial charge in [0.25, 0.3) is 0 Å². The van der Waals surface area contributed by atoms with Crippen molar-refractivity contribution < 1.29 is 4.74 Å². The van der Waals surface area contributed by atoms with Gasteiger partial charge < -0.3 is 20.3 Å². The Morgan fingerprint density at radius 2 is 1.90 bits per heavy atom. The molecule has 0 aliphatic rings. The molecule has 5 nitrogen and oxygen atoms in total. The first-order chi connectivity index (χ1) is 9.77. The van der Waals surface area contributed by atoms with Gasteiger partial charge in [-0.2, -0.15) is 0 Å². The second-order valence-electron chi connectivity index (χ2n) is 4.53. The lowest BCUT2D eigenvalue weighted by molar-refractivity contribution is 0.203. The minimum Gasteiger partial charge on any atom is -0.383 e. The highest BCUT2D eigenvalue weighted by Gasteiger charge is 2.00. The SMILES string of the molecule is CN=C(NCCCN(C)c1ccccc1)NCCOC. The van der Waals surface area contributed by atoms with Crippen LogP contribution in [0.15, 0.2) is 35.3 Å². The van der Waals surface area contributed by atoms with Crippen molar-refractivity contribution in [2.24, 2.45) is 4.99 Å². The molecule has 0 saturated carbocycles. The number of para-hydroxylation sites is 1. The van der Waals surface area contributed by atoms with Crippen LogP contribution in [0.2, 0.25) is 0 Å². The van der Waals surface area contributed by atoms with Gasteiger partial charge in [0, 0.05) is 46.5 Å². The molecule has 1 rings (SSSR count). The Labute approximate surface area is 122 Å². The van der Waals surface area contributed by atoms with Gasteiger partial charge in [-0.3, -0.25) is 4.99 Å². The Balaban J connectivity index is 2.17. The Hall–Kier alpha value is -1.75. The first kappa shape index (κ1) is 16.3. The predicted molar refractivity (Wildman–Crippen MR) is 85.6 cm³/mol. The number of nitrogens with one attached hydrogen (secondary N) is 2. The molecule has 0 aromatic heterocycles. The summed E-state index contributed by atoms with van der Waals surface area (Å²) in [4.78, 5) is 6.41. The first-order valence-electron chi connectivity index (χ1n) is 6.97. The molecule has 0 unspecified atom stereocenters. The van der Waals surface area contributed by atoms with E-state index in [-0.39, 0.29) is 0 Å². The third-order valence-corrected chi connectivity index (χ3v) is 2.98. The summed E-state index contributed by atoms with van der Waals surface area (Å²) < 4.78 is 4.99. The van der Waals surface area contributed by atoms with E-state index in [1.54, 1.807) is 14.2 Å². The fourth-order valence-corrected chi connectivity index (χ4v) is 1.83. The van der Waals surface area contributed by atoms with E-state index < -0.39 is 0 Å². The molecule has 0 amide bonds. The summed E-state index contributed by atoms with van der Waals surface area (Å²) in [5.41, 5.74) is 1.25. The van der Waals surface area contributed by atoms with E-state index in [0.29, 0.717) is 6.61 Å². The number of nitrogens with zero attached hydrogens (tertiary/aromatic N) is 2. The van der Waals surface area contributed by atoms with Crippen LogP contribution in [0.5, 0.6) is 0 Å². The summed E-state index contributed by atoms with van der Waals surface area (Å²) >= 11 is 0. The zero-order valence-corrected chi connectivity index (χ0v) is 12.7. The zero-order chi connectivity index (χ0) is 14.6. The molecular formula is C15H26N4O. The van der Waals surface area contributed by atoms with Crippen molar-refractivity contribution in [3.8, 4) is 0 Å². The largest absolute Gasteiger partial charge is 0.383 e. The van der Waals surface area contributed by atoms with Gasteiger partial charge in [0.05, 0.1) is 6.61 Å². The Morgan fingerprint density at radius 1 is 1.20 bits per heavy atom. The van der Waals surface area contributed by atoms with Crippen molar-refractivity contribution >= 4 is 11.6 Å². The molecule has 1 aromatic rings. The molecule has 2 N–H and O–H groups in total. The molecule has 0 heterocycles. The maximum Gasteiger partial charge on any atom is 0.191 e. The lowest BCUT2D eigenvalue weighted by Crippen LogP contribution is -2.40. The summed E-state index contributed by atoms with van der Waals surface area (Å²) in [6.07, 6.45) is 1.05. The van der Waals surface area contributed by atoms with Gasteiger partial charge in [-0.05, 0) is 18.6 Å². The molecule has 0 atom stereocenters. The minimum atomic E-state index is 0.678. The number of guanidine groups is 1. The van der Waals surface area contributed by atoms with E-state index in [1.807, 2.05) is 6.07 Å². The highest BCUT2D eigenvalue weighted by atomic mass is 16.5. The van der Waals surface area contributed by atoms with Crippen LogP contribution in [0, 0.1) is 0 Å². The summed E-state index contributed by atoms with van der Waals surface area (Å²) in [6.45, 7) is 3.34. The Morgan fingerprint density at radius 3 is 2.55 bits per heavy atom.